The maximum absolute atomic E-state index is 11.9. The molecule has 3 nitrogen and oxygen atoms in total. The van der Waals surface area contributed by atoms with Gasteiger partial charge in [-0.25, -0.2) is 8.42 Å². The molecule has 0 bridgehead atoms. The SMILES string of the molecule is O=S(=O)(CCCC(F)(F)F)Nc1ccc(Br)c(I)c1. The van der Waals surface area contributed by atoms with Crippen molar-refractivity contribution in [2.75, 3.05) is 10.5 Å². The van der Waals surface area contributed by atoms with E-state index < -0.39 is 34.8 Å². The van der Waals surface area contributed by atoms with Gasteiger partial charge in [-0.2, -0.15) is 13.2 Å². The summed E-state index contributed by atoms with van der Waals surface area (Å²) in [5.74, 6) is -0.556. The lowest BCUT2D eigenvalue weighted by Gasteiger charge is -2.10. The minimum absolute atomic E-state index is 0.333. The van der Waals surface area contributed by atoms with Gasteiger partial charge in [-0.15, -0.1) is 0 Å². The molecule has 0 radical (unpaired) electrons. The lowest BCUT2D eigenvalue weighted by Crippen LogP contribution is -2.18. The fourth-order valence-corrected chi connectivity index (χ4v) is 3.13. The van der Waals surface area contributed by atoms with Gasteiger partial charge in [0, 0.05) is 20.2 Å². The molecule has 0 saturated carbocycles. The fourth-order valence-electron chi connectivity index (χ4n) is 1.25. The highest BCUT2D eigenvalue weighted by molar-refractivity contribution is 14.1. The van der Waals surface area contributed by atoms with Crippen molar-refractivity contribution in [2.45, 2.75) is 19.0 Å². The van der Waals surface area contributed by atoms with Crippen molar-refractivity contribution in [3.8, 4) is 0 Å². The number of halogens is 5. The van der Waals surface area contributed by atoms with Crippen LogP contribution >= 0.6 is 38.5 Å². The van der Waals surface area contributed by atoms with E-state index in [0.717, 1.165) is 8.04 Å². The van der Waals surface area contributed by atoms with Crippen LogP contribution in [0, 0.1) is 3.57 Å². The van der Waals surface area contributed by atoms with Crippen LogP contribution < -0.4 is 4.72 Å². The first kappa shape index (κ1) is 17.0. The number of hydrogen-bond acceptors (Lipinski definition) is 2. The Kier molecular flexibility index (Phi) is 5.93. The van der Waals surface area contributed by atoms with E-state index in [0.29, 0.717) is 5.69 Å². The Balaban J connectivity index is 2.61. The monoisotopic (exact) mass is 471 g/mol. The highest BCUT2D eigenvalue weighted by Gasteiger charge is 2.27. The molecular formula is C10H10BrF3INO2S. The lowest BCUT2D eigenvalue weighted by atomic mass is 10.3. The topological polar surface area (TPSA) is 46.2 Å². The number of hydrogen-bond donors (Lipinski definition) is 1. The second kappa shape index (κ2) is 6.61. The molecule has 9 heteroatoms. The van der Waals surface area contributed by atoms with Crippen molar-refractivity contribution in [3.63, 3.8) is 0 Å². The summed E-state index contributed by atoms with van der Waals surface area (Å²) < 4.78 is 62.8. The van der Waals surface area contributed by atoms with Gasteiger partial charge in [-0.05, 0) is 63.1 Å². The smallest absolute Gasteiger partial charge is 0.284 e. The van der Waals surface area contributed by atoms with Crippen LogP contribution in [0.3, 0.4) is 0 Å². The third kappa shape index (κ3) is 6.80. The van der Waals surface area contributed by atoms with Gasteiger partial charge in [-0.1, -0.05) is 0 Å². The van der Waals surface area contributed by atoms with Crippen molar-refractivity contribution in [3.05, 3.63) is 26.2 Å². The molecule has 1 N–H and O–H groups in total. The number of sulfonamides is 1. The predicted molar refractivity (Wildman–Crippen MR) is 79.6 cm³/mol. The Labute approximate surface area is 131 Å². The van der Waals surface area contributed by atoms with Gasteiger partial charge in [0.1, 0.15) is 0 Å². The minimum atomic E-state index is -4.33. The van der Waals surface area contributed by atoms with Crippen molar-refractivity contribution < 1.29 is 21.6 Å². The Morgan fingerprint density at radius 3 is 2.47 bits per heavy atom. The number of alkyl halides is 3. The molecule has 0 atom stereocenters. The standard InChI is InChI=1S/C10H10BrF3INO2S/c11-8-3-2-7(6-9(8)15)16-19(17,18)5-1-4-10(12,13)14/h2-3,6,16H,1,4-5H2. The molecule has 0 heterocycles. The fraction of sp³-hybridized carbons (Fsp3) is 0.400. The summed E-state index contributed by atoms with van der Waals surface area (Å²) in [4.78, 5) is 0. The summed E-state index contributed by atoms with van der Waals surface area (Å²) in [6.45, 7) is 0. The van der Waals surface area contributed by atoms with Crippen LogP contribution in [-0.2, 0) is 10.0 Å². The molecule has 0 aliphatic rings. The molecule has 0 amide bonds. The second-order valence-electron chi connectivity index (χ2n) is 3.77. The molecule has 0 spiro atoms. The van der Waals surface area contributed by atoms with Gasteiger partial charge >= 0.3 is 6.18 Å². The van der Waals surface area contributed by atoms with Crippen molar-refractivity contribution in [2.24, 2.45) is 0 Å². The third-order valence-electron chi connectivity index (χ3n) is 2.07. The molecule has 0 unspecified atom stereocenters. The first-order valence-corrected chi connectivity index (χ1v) is 8.64. The molecule has 0 aliphatic heterocycles. The summed E-state index contributed by atoms with van der Waals surface area (Å²) in [6, 6.07) is 4.79. The summed E-state index contributed by atoms with van der Waals surface area (Å²) in [5.41, 5.74) is 0.333. The zero-order valence-corrected chi connectivity index (χ0v) is 14.0. The number of rotatable bonds is 5. The van der Waals surface area contributed by atoms with Gasteiger partial charge in [-0.3, -0.25) is 4.72 Å². The van der Waals surface area contributed by atoms with E-state index >= 15 is 0 Å². The molecule has 0 aliphatic carbocycles. The molecule has 19 heavy (non-hydrogen) atoms. The molecule has 0 saturated heterocycles. The molecule has 1 rings (SSSR count). The molecule has 108 valence electrons. The van der Waals surface area contributed by atoms with Gasteiger partial charge < -0.3 is 0 Å². The van der Waals surface area contributed by atoms with E-state index in [4.69, 9.17) is 0 Å². The number of nitrogens with one attached hydrogen (secondary N) is 1. The zero-order chi connectivity index (χ0) is 14.7. The van der Waals surface area contributed by atoms with E-state index in [2.05, 4.69) is 20.7 Å². The third-order valence-corrected chi connectivity index (χ3v) is 5.76. The summed E-state index contributed by atoms with van der Waals surface area (Å²) in [5, 5.41) is 0. The summed E-state index contributed by atoms with van der Waals surface area (Å²) >= 11 is 5.27. The van der Waals surface area contributed by atoms with Crippen molar-refractivity contribution in [1.29, 1.82) is 0 Å². The van der Waals surface area contributed by atoms with Gasteiger partial charge in [0.15, 0.2) is 0 Å². The first-order chi connectivity index (χ1) is 8.59. The quantitative estimate of drug-likeness (QED) is 0.656. The van der Waals surface area contributed by atoms with Crippen LogP contribution in [-0.4, -0.2) is 20.3 Å². The second-order valence-corrected chi connectivity index (χ2v) is 7.63. The molecule has 0 fully saturated rings. The van der Waals surface area contributed by atoms with E-state index in [1.54, 1.807) is 12.1 Å². The number of benzene rings is 1. The Hall–Kier alpha value is -0.0300. The van der Waals surface area contributed by atoms with E-state index in [9.17, 15) is 21.6 Å². The highest BCUT2D eigenvalue weighted by atomic mass is 127. The first-order valence-electron chi connectivity index (χ1n) is 5.11. The van der Waals surface area contributed by atoms with Crippen LogP contribution in [0.2, 0.25) is 0 Å². The van der Waals surface area contributed by atoms with Crippen LogP contribution in [0.5, 0.6) is 0 Å². The van der Waals surface area contributed by atoms with Crippen LogP contribution in [0.4, 0.5) is 18.9 Å². The highest BCUT2D eigenvalue weighted by Crippen LogP contribution is 2.24. The van der Waals surface area contributed by atoms with E-state index in [1.165, 1.54) is 6.07 Å². The number of anilines is 1. The Bertz CT molecular complexity index is 548. The minimum Gasteiger partial charge on any atom is -0.284 e. The molecule has 1 aromatic rings. The Morgan fingerprint density at radius 1 is 1.32 bits per heavy atom. The maximum atomic E-state index is 11.9. The molecule has 1 aromatic carbocycles. The average Bonchev–Trinajstić information content (AvgIpc) is 2.20. The normalized spacial score (nSPS) is 12.5. The summed E-state index contributed by atoms with van der Waals surface area (Å²) in [6.07, 6.45) is -5.89. The van der Waals surface area contributed by atoms with Crippen molar-refractivity contribution in [1.82, 2.24) is 0 Å². The predicted octanol–water partition coefficient (Wildman–Crippen LogP) is 4.14. The average molecular weight is 472 g/mol. The Morgan fingerprint density at radius 2 is 1.95 bits per heavy atom. The summed E-state index contributed by atoms with van der Waals surface area (Å²) in [7, 11) is -3.76. The van der Waals surface area contributed by atoms with E-state index in [1.807, 2.05) is 22.6 Å². The largest absolute Gasteiger partial charge is 0.389 e. The van der Waals surface area contributed by atoms with E-state index in [-0.39, 0.29) is 0 Å². The van der Waals surface area contributed by atoms with Crippen molar-refractivity contribution >= 4 is 54.2 Å². The molecular weight excluding hydrogens is 462 g/mol. The van der Waals surface area contributed by atoms with Crippen LogP contribution in [0.15, 0.2) is 22.7 Å². The van der Waals surface area contributed by atoms with Crippen LogP contribution in [0.1, 0.15) is 12.8 Å². The maximum Gasteiger partial charge on any atom is 0.389 e. The molecule has 0 aromatic heterocycles. The van der Waals surface area contributed by atoms with Gasteiger partial charge in [0.05, 0.1) is 5.75 Å². The van der Waals surface area contributed by atoms with Gasteiger partial charge in [0.25, 0.3) is 0 Å². The zero-order valence-electron chi connectivity index (χ0n) is 9.47. The van der Waals surface area contributed by atoms with Gasteiger partial charge in [0.2, 0.25) is 10.0 Å². The lowest BCUT2D eigenvalue weighted by molar-refractivity contribution is -0.134. The van der Waals surface area contributed by atoms with Crippen LogP contribution in [0.25, 0.3) is 0 Å².